The van der Waals surface area contributed by atoms with Gasteiger partial charge in [0.05, 0.1) is 19.3 Å². The molecule has 1 atom stereocenters. The number of rotatable bonds is 6. The van der Waals surface area contributed by atoms with E-state index >= 15 is 0 Å². The van der Waals surface area contributed by atoms with E-state index in [-0.39, 0.29) is 22.6 Å². The Morgan fingerprint density at radius 3 is 2.46 bits per heavy atom. The SMILES string of the molecule is COc1ccc(C(O)Cc2c(Cl)c[n+]([O-])cc2Cl)cc1OC1CCCC1. The predicted octanol–water partition coefficient (Wildman–Crippen LogP) is 4.23. The van der Waals surface area contributed by atoms with Crippen molar-refractivity contribution in [1.82, 2.24) is 0 Å². The van der Waals surface area contributed by atoms with Crippen molar-refractivity contribution in [2.45, 2.75) is 44.3 Å². The molecule has 0 saturated heterocycles. The molecule has 1 aromatic heterocycles. The van der Waals surface area contributed by atoms with Crippen LogP contribution < -0.4 is 14.2 Å². The van der Waals surface area contributed by atoms with E-state index in [1.807, 2.05) is 0 Å². The molecule has 0 aliphatic heterocycles. The standard InChI is InChI=1S/C19H21Cl2NO4/c1-25-18-7-6-12(8-19(18)26-13-4-2-3-5-13)17(23)9-14-15(20)10-22(24)11-16(14)21/h6-8,10-11,13,17,23H,2-5,9H2,1H3. The summed E-state index contributed by atoms with van der Waals surface area (Å²) in [5.41, 5.74) is 1.20. The molecule has 7 heteroatoms. The van der Waals surface area contributed by atoms with Crippen LogP contribution in [-0.4, -0.2) is 18.3 Å². The van der Waals surface area contributed by atoms with Gasteiger partial charge in [-0.1, -0.05) is 29.3 Å². The molecule has 1 aromatic carbocycles. The number of benzene rings is 1. The third-order valence-corrected chi connectivity index (χ3v) is 5.27. The number of nitrogens with zero attached hydrogens (tertiary/aromatic N) is 1. The van der Waals surface area contributed by atoms with Gasteiger partial charge in [-0.3, -0.25) is 0 Å². The summed E-state index contributed by atoms with van der Waals surface area (Å²) in [5, 5.41) is 22.4. The van der Waals surface area contributed by atoms with Gasteiger partial charge in [0.1, 0.15) is 10.0 Å². The van der Waals surface area contributed by atoms with Crippen molar-refractivity contribution in [1.29, 1.82) is 0 Å². The number of pyridine rings is 1. The first-order valence-electron chi connectivity index (χ1n) is 8.57. The quantitative estimate of drug-likeness (QED) is 0.584. The topological polar surface area (TPSA) is 65.6 Å². The number of hydrogen-bond donors (Lipinski definition) is 1. The van der Waals surface area contributed by atoms with Gasteiger partial charge >= 0.3 is 0 Å². The zero-order valence-electron chi connectivity index (χ0n) is 14.5. The first-order chi connectivity index (χ1) is 12.5. The van der Waals surface area contributed by atoms with Gasteiger partial charge in [-0.2, -0.15) is 4.73 Å². The second kappa shape index (κ2) is 8.33. The fourth-order valence-corrected chi connectivity index (χ4v) is 3.81. The van der Waals surface area contributed by atoms with Gasteiger partial charge in [-0.15, -0.1) is 0 Å². The second-order valence-electron chi connectivity index (χ2n) is 6.45. The smallest absolute Gasteiger partial charge is 0.199 e. The molecule has 26 heavy (non-hydrogen) atoms. The molecule has 0 bridgehead atoms. The number of methoxy groups -OCH3 is 1. The van der Waals surface area contributed by atoms with Crippen LogP contribution in [0.3, 0.4) is 0 Å². The molecule has 2 aromatic rings. The number of ether oxygens (including phenoxy) is 2. The number of halogens is 2. The van der Waals surface area contributed by atoms with E-state index in [0.29, 0.717) is 27.4 Å². The van der Waals surface area contributed by atoms with E-state index in [4.69, 9.17) is 32.7 Å². The summed E-state index contributed by atoms with van der Waals surface area (Å²) in [4.78, 5) is 0. The maximum Gasteiger partial charge on any atom is 0.199 e. The van der Waals surface area contributed by atoms with Gasteiger partial charge in [0.25, 0.3) is 0 Å². The summed E-state index contributed by atoms with van der Waals surface area (Å²) in [6.45, 7) is 0. The second-order valence-corrected chi connectivity index (χ2v) is 7.26. The van der Waals surface area contributed by atoms with Crippen molar-refractivity contribution in [2.75, 3.05) is 7.11 Å². The highest BCUT2D eigenvalue weighted by molar-refractivity contribution is 6.35. The number of aliphatic hydroxyl groups is 1. The molecule has 1 aliphatic rings. The largest absolute Gasteiger partial charge is 0.619 e. The van der Waals surface area contributed by atoms with Crippen LogP contribution in [0.25, 0.3) is 0 Å². The van der Waals surface area contributed by atoms with Crippen molar-refractivity contribution in [3.63, 3.8) is 0 Å². The van der Waals surface area contributed by atoms with E-state index in [9.17, 15) is 10.3 Å². The van der Waals surface area contributed by atoms with Crippen LogP contribution in [-0.2, 0) is 6.42 Å². The summed E-state index contributed by atoms with van der Waals surface area (Å²) >= 11 is 12.2. The molecule has 3 rings (SSSR count). The van der Waals surface area contributed by atoms with Crippen molar-refractivity contribution < 1.29 is 19.3 Å². The maximum atomic E-state index is 11.4. The third kappa shape index (κ3) is 4.34. The molecule has 0 radical (unpaired) electrons. The Balaban J connectivity index is 1.81. The van der Waals surface area contributed by atoms with Crippen molar-refractivity contribution in [3.05, 3.63) is 57.0 Å². The first-order valence-corrected chi connectivity index (χ1v) is 9.33. The molecule has 1 aliphatic carbocycles. The van der Waals surface area contributed by atoms with Crippen LogP contribution in [0.1, 0.15) is 42.9 Å². The number of aliphatic hydroxyl groups excluding tert-OH is 1. The summed E-state index contributed by atoms with van der Waals surface area (Å²) < 4.78 is 12.0. The minimum absolute atomic E-state index is 0.182. The Hall–Kier alpha value is -1.69. The molecular formula is C19H21Cl2NO4. The monoisotopic (exact) mass is 397 g/mol. The lowest BCUT2D eigenvalue weighted by atomic mass is 10.0. The van der Waals surface area contributed by atoms with Crippen LogP contribution >= 0.6 is 23.2 Å². The zero-order chi connectivity index (χ0) is 18.7. The molecule has 1 N–H and O–H groups in total. The van der Waals surface area contributed by atoms with E-state index in [0.717, 1.165) is 12.8 Å². The Bertz CT molecular complexity index is 755. The Kier molecular flexibility index (Phi) is 6.12. The molecule has 1 saturated carbocycles. The number of aromatic nitrogens is 1. The fraction of sp³-hybridized carbons (Fsp3) is 0.421. The van der Waals surface area contributed by atoms with Crippen LogP contribution in [0.5, 0.6) is 11.5 Å². The van der Waals surface area contributed by atoms with Crippen molar-refractivity contribution in [2.24, 2.45) is 0 Å². The summed E-state index contributed by atoms with van der Waals surface area (Å²) in [6, 6.07) is 5.35. The van der Waals surface area contributed by atoms with Gasteiger partial charge in [0.15, 0.2) is 23.9 Å². The van der Waals surface area contributed by atoms with E-state index in [1.54, 1.807) is 25.3 Å². The van der Waals surface area contributed by atoms with Gasteiger partial charge in [0.2, 0.25) is 0 Å². The predicted molar refractivity (Wildman–Crippen MR) is 100.0 cm³/mol. The highest BCUT2D eigenvalue weighted by atomic mass is 35.5. The fourth-order valence-electron chi connectivity index (χ4n) is 3.22. The average Bonchev–Trinajstić information content (AvgIpc) is 3.11. The molecular weight excluding hydrogens is 377 g/mol. The molecule has 5 nitrogen and oxygen atoms in total. The lowest BCUT2D eigenvalue weighted by Crippen LogP contribution is -2.25. The normalized spacial score (nSPS) is 15.8. The third-order valence-electron chi connectivity index (χ3n) is 4.62. The van der Waals surface area contributed by atoms with Crippen molar-refractivity contribution in [3.8, 4) is 11.5 Å². The van der Waals surface area contributed by atoms with Crippen LogP contribution in [0, 0.1) is 5.21 Å². The number of hydrogen-bond acceptors (Lipinski definition) is 4. The minimum atomic E-state index is -0.843. The molecule has 1 heterocycles. The van der Waals surface area contributed by atoms with Crippen LogP contribution in [0.4, 0.5) is 0 Å². The zero-order valence-corrected chi connectivity index (χ0v) is 16.0. The minimum Gasteiger partial charge on any atom is -0.619 e. The average molecular weight is 398 g/mol. The Labute approximate surface area is 162 Å². The highest BCUT2D eigenvalue weighted by Gasteiger charge is 2.21. The van der Waals surface area contributed by atoms with E-state index in [2.05, 4.69) is 0 Å². The van der Waals surface area contributed by atoms with Crippen LogP contribution in [0.15, 0.2) is 30.6 Å². The molecule has 0 amide bonds. The van der Waals surface area contributed by atoms with Gasteiger partial charge in [-0.05, 0) is 43.4 Å². The van der Waals surface area contributed by atoms with E-state index < -0.39 is 6.10 Å². The molecule has 140 valence electrons. The molecule has 1 fully saturated rings. The summed E-state index contributed by atoms with van der Waals surface area (Å²) in [5.74, 6) is 1.26. The first kappa shape index (κ1) is 19.1. The van der Waals surface area contributed by atoms with Crippen LogP contribution in [0.2, 0.25) is 10.0 Å². The maximum absolute atomic E-state index is 11.4. The summed E-state index contributed by atoms with van der Waals surface area (Å²) in [6.07, 6.45) is 6.36. The Morgan fingerprint density at radius 2 is 1.85 bits per heavy atom. The van der Waals surface area contributed by atoms with Gasteiger partial charge in [-0.25, -0.2) is 0 Å². The Morgan fingerprint density at radius 1 is 1.19 bits per heavy atom. The van der Waals surface area contributed by atoms with E-state index in [1.165, 1.54) is 25.2 Å². The van der Waals surface area contributed by atoms with Crippen molar-refractivity contribution >= 4 is 23.2 Å². The molecule has 1 unspecified atom stereocenters. The molecule has 0 spiro atoms. The summed E-state index contributed by atoms with van der Waals surface area (Å²) in [7, 11) is 1.59. The lowest BCUT2D eigenvalue weighted by Gasteiger charge is -2.19. The van der Waals surface area contributed by atoms with Gasteiger partial charge < -0.3 is 19.8 Å². The highest BCUT2D eigenvalue weighted by Crippen LogP contribution is 2.35. The van der Waals surface area contributed by atoms with Gasteiger partial charge in [0, 0.05) is 12.0 Å². The lowest BCUT2D eigenvalue weighted by molar-refractivity contribution is -0.605.